The molecule has 0 bridgehead atoms. The van der Waals surface area contributed by atoms with Gasteiger partial charge in [0, 0.05) is 18.2 Å². The summed E-state index contributed by atoms with van der Waals surface area (Å²) in [6, 6.07) is 8.47. The molecule has 2 unspecified atom stereocenters. The van der Waals surface area contributed by atoms with Crippen LogP contribution in [0.15, 0.2) is 24.3 Å². The zero-order valence-electron chi connectivity index (χ0n) is 12.9. The highest BCUT2D eigenvalue weighted by Gasteiger charge is 2.30. The lowest BCUT2D eigenvalue weighted by atomic mass is 9.83. The number of carbonyl (C=O) groups excluding carboxylic acids is 1. The topological polar surface area (TPSA) is 41.1 Å². The lowest BCUT2D eigenvalue weighted by Gasteiger charge is -2.31. The van der Waals surface area contributed by atoms with E-state index in [9.17, 15) is 4.79 Å². The minimum atomic E-state index is -0.0972. The van der Waals surface area contributed by atoms with E-state index in [1.54, 1.807) is 0 Å². The molecule has 3 rings (SSSR count). The fraction of sp³-hybridized carbons (Fsp3) is 0.611. The second-order valence-corrected chi connectivity index (χ2v) is 6.48. The van der Waals surface area contributed by atoms with Gasteiger partial charge in [-0.25, -0.2) is 0 Å². The van der Waals surface area contributed by atoms with Crippen LogP contribution in [0.25, 0.3) is 0 Å². The third kappa shape index (κ3) is 3.22. The Morgan fingerprint density at radius 3 is 2.76 bits per heavy atom. The van der Waals surface area contributed by atoms with Gasteiger partial charge in [0.05, 0.1) is 0 Å². The van der Waals surface area contributed by atoms with Gasteiger partial charge in [0.1, 0.15) is 6.04 Å². The van der Waals surface area contributed by atoms with E-state index in [0.29, 0.717) is 12.0 Å². The molecule has 114 valence electrons. The summed E-state index contributed by atoms with van der Waals surface area (Å²) in [6.07, 6.45) is 8.40. The summed E-state index contributed by atoms with van der Waals surface area (Å²) in [4.78, 5) is 12.6. The van der Waals surface area contributed by atoms with E-state index in [0.717, 1.165) is 18.5 Å². The fourth-order valence-corrected chi connectivity index (χ4v) is 3.83. The molecule has 3 nitrogen and oxygen atoms in total. The molecule has 0 saturated heterocycles. The molecule has 0 spiro atoms. The number of amides is 1. The first-order valence-corrected chi connectivity index (χ1v) is 8.42. The molecule has 1 aliphatic carbocycles. The van der Waals surface area contributed by atoms with Crippen molar-refractivity contribution >= 4 is 11.6 Å². The van der Waals surface area contributed by atoms with E-state index in [-0.39, 0.29) is 11.9 Å². The quantitative estimate of drug-likeness (QED) is 0.889. The van der Waals surface area contributed by atoms with Crippen molar-refractivity contribution in [1.82, 2.24) is 5.32 Å². The van der Waals surface area contributed by atoms with Crippen molar-refractivity contribution in [2.45, 2.75) is 64.0 Å². The maximum absolute atomic E-state index is 12.6. The third-order valence-corrected chi connectivity index (χ3v) is 5.07. The lowest BCUT2D eigenvalue weighted by molar-refractivity contribution is -0.122. The minimum Gasteiger partial charge on any atom is -0.373 e. The highest BCUT2D eigenvalue weighted by atomic mass is 16.2. The molecular formula is C18H26N2O. The van der Waals surface area contributed by atoms with Gasteiger partial charge in [-0.05, 0) is 36.8 Å². The van der Waals surface area contributed by atoms with Gasteiger partial charge in [-0.3, -0.25) is 4.79 Å². The average molecular weight is 286 g/mol. The van der Waals surface area contributed by atoms with Gasteiger partial charge in [-0.2, -0.15) is 0 Å². The Kier molecular flexibility index (Phi) is 4.47. The molecule has 1 heterocycles. The Morgan fingerprint density at radius 1 is 1.29 bits per heavy atom. The number of nitrogens with one attached hydrogen (secondary N) is 2. The summed E-state index contributed by atoms with van der Waals surface area (Å²) < 4.78 is 0. The SMILES string of the molecule is CCC(NC(=O)C1Cc2ccccc2N1)C1CCCCC1. The van der Waals surface area contributed by atoms with Crippen LogP contribution in [0, 0.1) is 5.92 Å². The van der Waals surface area contributed by atoms with Crippen LogP contribution in [0.5, 0.6) is 0 Å². The van der Waals surface area contributed by atoms with Crippen molar-refractivity contribution < 1.29 is 4.79 Å². The highest BCUT2D eigenvalue weighted by Crippen LogP contribution is 2.29. The first-order valence-electron chi connectivity index (χ1n) is 8.42. The van der Waals surface area contributed by atoms with Crippen LogP contribution in [0.1, 0.15) is 51.0 Å². The average Bonchev–Trinajstić information content (AvgIpc) is 2.97. The Morgan fingerprint density at radius 2 is 2.05 bits per heavy atom. The van der Waals surface area contributed by atoms with Crippen molar-refractivity contribution in [3.63, 3.8) is 0 Å². The summed E-state index contributed by atoms with van der Waals surface area (Å²) in [6.45, 7) is 2.19. The predicted molar refractivity (Wildman–Crippen MR) is 86.4 cm³/mol. The molecule has 0 aromatic heterocycles. The van der Waals surface area contributed by atoms with Crippen molar-refractivity contribution in [1.29, 1.82) is 0 Å². The summed E-state index contributed by atoms with van der Waals surface area (Å²) >= 11 is 0. The van der Waals surface area contributed by atoms with E-state index in [2.05, 4.69) is 29.7 Å². The van der Waals surface area contributed by atoms with Gasteiger partial charge in [0.25, 0.3) is 0 Å². The van der Waals surface area contributed by atoms with E-state index >= 15 is 0 Å². The van der Waals surface area contributed by atoms with Gasteiger partial charge in [-0.15, -0.1) is 0 Å². The number of hydrogen-bond acceptors (Lipinski definition) is 2. The summed E-state index contributed by atoms with van der Waals surface area (Å²) in [7, 11) is 0. The lowest BCUT2D eigenvalue weighted by Crippen LogP contribution is -2.47. The zero-order chi connectivity index (χ0) is 14.7. The predicted octanol–water partition coefficient (Wildman–Crippen LogP) is 3.50. The number of fused-ring (bicyclic) bond motifs is 1. The maximum Gasteiger partial charge on any atom is 0.243 e. The van der Waals surface area contributed by atoms with Crippen molar-refractivity contribution in [2.24, 2.45) is 5.92 Å². The Bertz CT molecular complexity index is 469. The second kappa shape index (κ2) is 6.50. The first kappa shape index (κ1) is 14.4. The van der Waals surface area contributed by atoms with Gasteiger partial charge in [0.2, 0.25) is 5.91 Å². The number of hydrogen-bond donors (Lipinski definition) is 2. The molecule has 1 aromatic rings. The van der Waals surface area contributed by atoms with Gasteiger partial charge >= 0.3 is 0 Å². The van der Waals surface area contributed by atoms with Gasteiger partial charge in [-0.1, -0.05) is 44.4 Å². The molecule has 21 heavy (non-hydrogen) atoms. The molecule has 1 fully saturated rings. The van der Waals surface area contributed by atoms with E-state index in [1.165, 1.54) is 37.7 Å². The van der Waals surface area contributed by atoms with Crippen LogP contribution in [0.2, 0.25) is 0 Å². The van der Waals surface area contributed by atoms with Gasteiger partial charge in [0.15, 0.2) is 0 Å². The van der Waals surface area contributed by atoms with Crippen LogP contribution in [0.3, 0.4) is 0 Å². The minimum absolute atomic E-state index is 0.0972. The molecule has 3 heteroatoms. The number of carbonyl (C=O) groups is 1. The molecular weight excluding hydrogens is 260 g/mol. The summed E-state index contributed by atoms with van der Waals surface area (Å²) in [5, 5.41) is 6.67. The van der Waals surface area contributed by atoms with Crippen LogP contribution in [-0.2, 0) is 11.2 Å². The smallest absolute Gasteiger partial charge is 0.243 e. The standard InChI is InChI=1S/C18H26N2O/c1-2-15(13-8-4-3-5-9-13)20-18(21)17-12-14-10-6-7-11-16(14)19-17/h6-7,10-11,13,15,17,19H,2-5,8-9,12H2,1H3,(H,20,21). The monoisotopic (exact) mass is 286 g/mol. The highest BCUT2D eigenvalue weighted by molar-refractivity contribution is 5.87. The second-order valence-electron chi connectivity index (χ2n) is 6.48. The van der Waals surface area contributed by atoms with Crippen molar-refractivity contribution in [2.75, 3.05) is 5.32 Å². The van der Waals surface area contributed by atoms with Crippen LogP contribution < -0.4 is 10.6 Å². The molecule has 1 amide bonds. The molecule has 2 atom stereocenters. The Labute approximate surface area is 127 Å². The maximum atomic E-state index is 12.6. The van der Waals surface area contributed by atoms with Crippen LogP contribution in [0.4, 0.5) is 5.69 Å². The number of benzene rings is 1. The Balaban J connectivity index is 1.58. The normalized spacial score (nSPS) is 23.2. The molecule has 2 N–H and O–H groups in total. The molecule has 2 aliphatic rings. The van der Waals surface area contributed by atoms with E-state index < -0.39 is 0 Å². The Hall–Kier alpha value is -1.51. The third-order valence-electron chi connectivity index (χ3n) is 5.07. The molecule has 1 aromatic carbocycles. The number of anilines is 1. The summed E-state index contributed by atoms with van der Waals surface area (Å²) in [5.74, 6) is 0.847. The van der Waals surface area contributed by atoms with Crippen molar-refractivity contribution in [3.05, 3.63) is 29.8 Å². The zero-order valence-corrected chi connectivity index (χ0v) is 12.9. The first-order chi connectivity index (χ1) is 10.3. The largest absolute Gasteiger partial charge is 0.373 e. The van der Waals surface area contributed by atoms with Gasteiger partial charge < -0.3 is 10.6 Å². The van der Waals surface area contributed by atoms with E-state index in [1.807, 2.05) is 12.1 Å². The molecule has 1 aliphatic heterocycles. The number of para-hydroxylation sites is 1. The van der Waals surface area contributed by atoms with E-state index in [4.69, 9.17) is 0 Å². The summed E-state index contributed by atoms with van der Waals surface area (Å²) in [5.41, 5.74) is 2.37. The number of rotatable bonds is 4. The van der Waals surface area contributed by atoms with Crippen molar-refractivity contribution in [3.8, 4) is 0 Å². The van der Waals surface area contributed by atoms with Crippen LogP contribution in [-0.4, -0.2) is 18.0 Å². The molecule has 0 radical (unpaired) electrons. The fourth-order valence-electron chi connectivity index (χ4n) is 3.83. The molecule has 1 saturated carbocycles. The van der Waals surface area contributed by atoms with Crippen LogP contribution >= 0.6 is 0 Å².